The number of morpholine rings is 1. The fourth-order valence-corrected chi connectivity index (χ4v) is 7.35. The second kappa shape index (κ2) is 12.8. The van der Waals surface area contributed by atoms with Crippen LogP contribution in [0.3, 0.4) is 0 Å². The van der Waals surface area contributed by atoms with E-state index in [1.807, 2.05) is 48.5 Å². The molecule has 0 N–H and O–H groups in total. The Morgan fingerprint density at radius 2 is 1.43 bits per heavy atom. The second-order valence-corrected chi connectivity index (χ2v) is 13.3. The summed E-state index contributed by atoms with van der Waals surface area (Å²) in [4.78, 5) is 2.30. The molecule has 0 saturated carbocycles. The number of methoxy groups -OCH3 is 3. The SMILES string of the molecule is C=C1/C=C\C(F)=C/CC(C)(C)c2c3c(c4cc(N5CCOCC5)c(OC)cc4c21)OC(c1ccc(OC)cc1)(c1ccc(OC)cc1)C=C3. The van der Waals surface area contributed by atoms with Crippen molar-refractivity contribution in [2.75, 3.05) is 52.5 Å². The van der Waals surface area contributed by atoms with Gasteiger partial charge in [0.2, 0.25) is 0 Å². The topological polar surface area (TPSA) is 49.4 Å². The molecule has 2 heterocycles. The molecule has 0 bridgehead atoms. The van der Waals surface area contributed by atoms with Crippen molar-refractivity contribution in [1.29, 1.82) is 0 Å². The van der Waals surface area contributed by atoms with E-state index in [0.29, 0.717) is 19.6 Å². The number of rotatable bonds is 6. The Hall–Kier alpha value is -5.01. The molecule has 3 aliphatic rings. The predicted octanol–water partition coefficient (Wildman–Crippen LogP) is 9.16. The van der Waals surface area contributed by atoms with Gasteiger partial charge in [-0.05, 0) is 88.5 Å². The molecule has 7 heteroatoms. The van der Waals surface area contributed by atoms with E-state index >= 15 is 4.39 Å². The smallest absolute Gasteiger partial charge is 0.178 e. The zero-order chi connectivity index (χ0) is 34.3. The van der Waals surface area contributed by atoms with Gasteiger partial charge in [0, 0.05) is 35.2 Å². The van der Waals surface area contributed by atoms with E-state index in [9.17, 15) is 0 Å². The summed E-state index contributed by atoms with van der Waals surface area (Å²) in [6.45, 7) is 11.5. The lowest BCUT2D eigenvalue weighted by atomic mass is 9.72. The van der Waals surface area contributed by atoms with Gasteiger partial charge in [-0.1, -0.05) is 56.8 Å². The predicted molar refractivity (Wildman–Crippen MR) is 195 cm³/mol. The van der Waals surface area contributed by atoms with Crippen LogP contribution in [0.1, 0.15) is 48.1 Å². The summed E-state index contributed by atoms with van der Waals surface area (Å²) < 4.78 is 45.3. The highest BCUT2D eigenvalue weighted by molar-refractivity contribution is 6.06. The van der Waals surface area contributed by atoms with Crippen molar-refractivity contribution in [2.24, 2.45) is 0 Å². The first kappa shape index (κ1) is 32.5. The number of benzene rings is 4. The highest BCUT2D eigenvalue weighted by atomic mass is 19.1. The average molecular weight is 660 g/mol. The minimum Gasteiger partial charge on any atom is -0.497 e. The molecule has 6 nitrogen and oxygen atoms in total. The molecule has 4 aromatic carbocycles. The number of halogens is 1. The van der Waals surface area contributed by atoms with Gasteiger partial charge in [0.1, 0.15) is 28.8 Å². The third-order valence-electron chi connectivity index (χ3n) is 9.98. The molecular weight excluding hydrogens is 617 g/mol. The first-order valence-electron chi connectivity index (χ1n) is 16.6. The van der Waals surface area contributed by atoms with E-state index in [0.717, 1.165) is 85.9 Å². The summed E-state index contributed by atoms with van der Waals surface area (Å²) in [7, 11) is 5.03. The Bertz CT molecular complexity index is 1950. The number of anilines is 1. The van der Waals surface area contributed by atoms with Gasteiger partial charge in [0.15, 0.2) is 5.60 Å². The van der Waals surface area contributed by atoms with Crippen LogP contribution in [-0.4, -0.2) is 47.6 Å². The van der Waals surface area contributed by atoms with Crippen LogP contribution in [0.5, 0.6) is 23.0 Å². The molecule has 7 rings (SSSR count). The van der Waals surface area contributed by atoms with Crippen molar-refractivity contribution < 1.29 is 28.1 Å². The lowest BCUT2D eigenvalue weighted by Crippen LogP contribution is -2.36. The molecule has 49 heavy (non-hydrogen) atoms. The molecule has 4 aromatic rings. The summed E-state index contributed by atoms with van der Waals surface area (Å²) in [5.74, 6) is 2.73. The third-order valence-corrected chi connectivity index (χ3v) is 9.98. The van der Waals surface area contributed by atoms with Gasteiger partial charge in [-0.3, -0.25) is 0 Å². The molecule has 0 aromatic heterocycles. The van der Waals surface area contributed by atoms with Crippen LogP contribution < -0.4 is 23.8 Å². The molecule has 0 unspecified atom stereocenters. The lowest BCUT2D eigenvalue weighted by molar-refractivity contribution is 0.122. The van der Waals surface area contributed by atoms with Crippen LogP contribution >= 0.6 is 0 Å². The van der Waals surface area contributed by atoms with Gasteiger partial charge in [-0.25, -0.2) is 4.39 Å². The van der Waals surface area contributed by atoms with Crippen LogP contribution in [0, 0.1) is 0 Å². The van der Waals surface area contributed by atoms with Gasteiger partial charge in [0.05, 0.1) is 40.2 Å². The molecular formula is C42H42FNO5. The Morgan fingerprint density at radius 3 is 2.02 bits per heavy atom. The number of fused-ring (bicyclic) bond motifs is 6. The molecule has 0 spiro atoms. The summed E-state index contributed by atoms with van der Waals surface area (Å²) in [6, 6.07) is 20.3. The van der Waals surface area contributed by atoms with Crippen molar-refractivity contribution in [3.63, 3.8) is 0 Å². The molecule has 1 saturated heterocycles. The van der Waals surface area contributed by atoms with Crippen LogP contribution in [0.25, 0.3) is 22.4 Å². The van der Waals surface area contributed by atoms with Gasteiger partial charge >= 0.3 is 0 Å². The number of nitrogens with zero attached hydrogens (tertiary/aromatic N) is 1. The zero-order valence-corrected chi connectivity index (χ0v) is 28.8. The van der Waals surface area contributed by atoms with Gasteiger partial charge < -0.3 is 28.6 Å². The second-order valence-electron chi connectivity index (χ2n) is 13.3. The van der Waals surface area contributed by atoms with E-state index in [1.54, 1.807) is 33.5 Å². The normalized spacial score (nSPS) is 19.7. The van der Waals surface area contributed by atoms with Crippen LogP contribution in [0.4, 0.5) is 10.1 Å². The maximum Gasteiger partial charge on any atom is 0.178 e. The molecule has 0 amide bonds. The van der Waals surface area contributed by atoms with E-state index in [-0.39, 0.29) is 5.83 Å². The largest absolute Gasteiger partial charge is 0.497 e. The van der Waals surface area contributed by atoms with Gasteiger partial charge in [-0.2, -0.15) is 0 Å². The zero-order valence-electron chi connectivity index (χ0n) is 28.8. The maximum atomic E-state index is 15.0. The van der Waals surface area contributed by atoms with Crippen LogP contribution in [0.15, 0.2) is 97.4 Å². The molecule has 0 atom stereocenters. The number of allylic oxidation sites excluding steroid dienone is 5. The number of ether oxygens (including phenoxy) is 5. The molecule has 2 aliphatic heterocycles. The number of hydrogen-bond acceptors (Lipinski definition) is 6. The molecule has 1 fully saturated rings. The highest BCUT2D eigenvalue weighted by Crippen LogP contribution is 2.54. The third kappa shape index (κ3) is 5.66. The summed E-state index contributed by atoms with van der Waals surface area (Å²) in [5, 5.41) is 1.85. The van der Waals surface area contributed by atoms with E-state index < -0.39 is 11.0 Å². The average Bonchev–Trinajstić information content (AvgIpc) is 3.18. The molecule has 1 aliphatic carbocycles. The van der Waals surface area contributed by atoms with Crippen molar-refractivity contribution >= 4 is 28.1 Å². The Labute approximate surface area is 287 Å². The summed E-state index contributed by atoms with van der Waals surface area (Å²) in [5.41, 5.74) is 5.05. The number of hydrogen-bond donors (Lipinski definition) is 0. The summed E-state index contributed by atoms with van der Waals surface area (Å²) >= 11 is 0. The quantitative estimate of drug-likeness (QED) is 0.206. The van der Waals surface area contributed by atoms with Crippen molar-refractivity contribution in [2.45, 2.75) is 31.3 Å². The van der Waals surface area contributed by atoms with Crippen LogP contribution in [-0.2, 0) is 15.8 Å². The standard InChI is InChI=1S/C42H42FNO5/c1-27-7-12-30(43)17-19-41(2,3)39-33-18-20-42(28-8-13-31(45-4)14-9-28,29-10-15-32(46-5)16-11-29)49-40(33)35-25-36(44-21-23-48-24-22-44)37(47-6)26-34(35)38(27)39/h7-18,20,25-26H,1,19,21-24H2,2-6H3/b12-7-,30-17+. The fraction of sp³-hybridized carbons (Fsp3) is 0.286. The first-order valence-corrected chi connectivity index (χ1v) is 16.6. The van der Waals surface area contributed by atoms with Crippen LogP contribution in [0.2, 0.25) is 0 Å². The Morgan fingerprint density at radius 1 is 0.796 bits per heavy atom. The molecule has 0 radical (unpaired) electrons. The van der Waals surface area contributed by atoms with Gasteiger partial charge in [0.25, 0.3) is 0 Å². The Kier molecular flexibility index (Phi) is 8.49. The minimum absolute atomic E-state index is 0.280. The van der Waals surface area contributed by atoms with Crippen molar-refractivity contribution in [3.8, 4) is 23.0 Å². The van der Waals surface area contributed by atoms with Crippen molar-refractivity contribution in [1.82, 2.24) is 0 Å². The highest BCUT2D eigenvalue weighted by Gasteiger charge is 2.41. The Balaban J connectivity index is 1.57. The van der Waals surface area contributed by atoms with E-state index in [2.05, 4.69) is 49.6 Å². The van der Waals surface area contributed by atoms with Gasteiger partial charge in [-0.15, -0.1) is 0 Å². The van der Waals surface area contributed by atoms with E-state index in [4.69, 9.17) is 23.7 Å². The molecule has 252 valence electrons. The van der Waals surface area contributed by atoms with E-state index in [1.165, 1.54) is 6.08 Å². The first-order chi connectivity index (χ1) is 23.7. The fourth-order valence-electron chi connectivity index (χ4n) is 7.35. The van der Waals surface area contributed by atoms with Crippen molar-refractivity contribution in [3.05, 3.63) is 125 Å². The summed E-state index contributed by atoms with van der Waals surface area (Å²) in [6.07, 6.45) is 9.73. The monoisotopic (exact) mass is 659 g/mol. The lowest BCUT2D eigenvalue weighted by Gasteiger charge is -2.40. The maximum absolute atomic E-state index is 15.0. The minimum atomic E-state index is -0.989.